The summed E-state index contributed by atoms with van der Waals surface area (Å²) in [7, 11) is -3.85. The van der Waals surface area contributed by atoms with Crippen LogP contribution in [-0.2, 0) is 0 Å². The number of para-hydroxylation sites is 4. The van der Waals surface area contributed by atoms with Gasteiger partial charge in [-0.2, -0.15) is 0 Å². The number of fused-ring (bicyclic) bond motifs is 4. The van der Waals surface area contributed by atoms with E-state index in [4.69, 9.17) is 27.1 Å². The zero-order valence-corrected chi connectivity index (χ0v) is 33.0. The number of hydrogen-bond acceptors (Lipinski definition) is 8. The summed E-state index contributed by atoms with van der Waals surface area (Å²) in [6, 6.07) is 36.3. The van der Waals surface area contributed by atoms with Crippen molar-refractivity contribution in [3.63, 3.8) is 0 Å². The van der Waals surface area contributed by atoms with Crippen molar-refractivity contribution < 1.29 is 27.1 Å². The maximum Gasteiger partial charge on any atom is 0.530 e. The van der Waals surface area contributed by atoms with Gasteiger partial charge in [0.25, 0.3) is 0 Å². The molecule has 8 rings (SSSR count). The van der Waals surface area contributed by atoms with E-state index in [-0.39, 0.29) is 0 Å². The summed E-state index contributed by atoms with van der Waals surface area (Å²) in [5, 5.41) is 0. The molecule has 0 saturated carbocycles. The van der Waals surface area contributed by atoms with Crippen molar-refractivity contribution in [3.05, 3.63) is 143 Å². The van der Waals surface area contributed by atoms with Crippen LogP contribution in [0.5, 0.6) is 34.5 Å². The van der Waals surface area contributed by atoms with Gasteiger partial charge in [0.05, 0.1) is 19.6 Å². The molecule has 10 heteroatoms. The Morgan fingerprint density at radius 1 is 0.404 bits per heavy atom. The van der Waals surface area contributed by atoms with Crippen LogP contribution in [0.25, 0.3) is 11.1 Å². The molecule has 0 fully saturated rings. The normalized spacial score (nSPS) is 13.9. The third kappa shape index (κ3) is 6.81. The van der Waals surface area contributed by atoms with E-state index in [0.29, 0.717) is 34.5 Å². The monoisotopic (exact) mass is 762 g/mol. The summed E-state index contributed by atoms with van der Waals surface area (Å²) in [4.78, 5) is 3.98. The lowest BCUT2D eigenvalue weighted by molar-refractivity contribution is 0.375. The average molecular weight is 763 g/mol. The van der Waals surface area contributed by atoms with E-state index in [1.165, 1.54) is 0 Å². The first-order valence-corrected chi connectivity index (χ1v) is 20.7. The highest BCUT2D eigenvalue weighted by atomic mass is 32.2. The van der Waals surface area contributed by atoms with E-state index in [0.717, 1.165) is 64.1 Å². The Morgan fingerprint density at radius 2 is 0.692 bits per heavy atom. The van der Waals surface area contributed by atoms with Crippen LogP contribution in [0.15, 0.2) is 129 Å². The minimum atomic E-state index is -1.93. The first-order chi connectivity index (χ1) is 25.2. The van der Waals surface area contributed by atoms with Crippen LogP contribution in [0.2, 0.25) is 0 Å². The first kappa shape index (κ1) is 34.7. The van der Waals surface area contributed by atoms with Crippen LogP contribution in [-0.4, -0.2) is 0 Å². The fourth-order valence-electron chi connectivity index (χ4n) is 6.22. The fraction of sp³-hybridized carbons (Fsp3) is 0.143. The average Bonchev–Trinajstić information content (AvgIpc) is 3.11. The molecule has 0 unspecified atom stereocenters. The summed E-state index contributed by atoms with van der Waals surface area (Å²) in [6.45, 7) is 12.6. The van der Waals surface area contributed by atoms with Gasteiger partial charge in [0.2, 0.25) is 0 Å². The minimum absolute atomic E-state index is 0.676. The Labute approximate surface area is 315 Å². The maximum absolute atomic E-state index is 6.96. The molecule has 2 heterocycles. The Bertz CT molecular complexity index is 2070. The van der Waals surface area contributed by atoms with Crippen molar-refractivity contribution in [3.8, 4) is 45.6 Å². The predicted molar refractivity (Wildman–Crippen MR) is 212 cm³/mol. The molecule has 262 valence electrons. The van der Waals surface area contributed by atoms with Crippen molar-refractivity contribution in [1.29, 1.82) is 0 Å². The summed E-state index contributed by atoms with van der Waals surface area (Å²) in [6.07, 6.45) is 0. The van der Waals surface area contributed by atoms with Crippen LogP contribution in [0, 0.1) is 41.5 Å². The van der Waals surface area contributed by atoms with E-state index in [1.807, 2.05) is 72.8 Å². The van der Waals surface area contributed by atoms with E-state index >= 15 is 0 Å². The second kappa shape index (κ2) is 14.6. The SMILES string of the molecule is Cc1cc(C)c(OP2Oc3ccccc3Sc3ccccc3O2)c(-c2c(C)c(C)cc(C)c2OP2Oc3ccccc3Sc3ccccc3O2)c1C. The highest BCUT2D eigenvalue weighted by Crippen LogP contribution is 2.57. The van der Waals surface area contributed by atoms with Crippen molar-refractivity contribution in [2.45, 2.75) is 61.1 Å². The fourth-order valence-corrected chi connectivity index (χ4v) is 10.6. The molecular weight excluding hydrogens is 727 g/mol. The lowest BCUT2D eigenvalue weighted by Crippen LogP contribution is -2.10. The standard InChI is InChI=1S/C42H36O6P2S2/c1-25-23-27(3)41(47-49-43-31-15-7-11-19-35(31)51-36-20-12-8-16-32(36)44-49)39(29(25)5)40-30(6)26(2)24-28(4)42(40)48-50-45-33-17-9-13-21-37(33)52-38-22-14-10-18-34(38)46-50/h7-24H,1-6H3. The molecule has 0 atom stereocenters. The zero-order valence-electron chi connectivity index (χ0n) is 29.6. The van der Waals surface area contributed by atoms with Gasteiger partial charge in [0, 0.05) is 11.1 Å². The molecule has 0 spiro atoms. The minimum Gasteiger partial charge on any atom is -0.408 e. The second-order valence-electron chi connectivity index (χ2n) is 12.7. The van der Waals surface area contributed by atoms with Crippen LogP contribution in [0.3, 0.4) is 0 Å². The van der Waals surface area contributed by atoms with Crippen molar-refractivity contribution in [2.75, 3.05) is 0 Å². The lowest BCUT2D eigenvalue weighted by Gasteiger charge is -2.28. The Balaban J connectivity index is 1.25. The first-order valence-electron chi connectivity index (χ1n) is 16.9. The largest absolute Gasteiger partial charge is 0.530 e. The predicted octanol–water partition coefficient (Wildman–Crippen LogP) is 13.7. The van der Waals surface area contributed by atoms with Crippen LogP contribution in [0.4, 0.5) is 0 Å². The van der Waals surface area contributed by atoms with Gasteiger partial charge < -0.3 is 27.1 Å². The summed E-state index contributed by atoms with van der Waals surface area (Å²) in [5.41, 5.74) is 8.15. The molecule has 0 radical (unpaired) electrons. The molecule has 6 aromatic carbocycles. The van der Waals surface area contributed by atoms with Gasteiger partial charge in [-0.25, -0.2) is 0 Å². The second-order valence-corrected chi connectivity index (χ2v) is 16.8. The maximum atomic E-state index is 6.96. The molecule has 0 aromatic heterocycles. The van der Waals surface area contributed by atoms with E-state index in [1.54, 1.807) is 23.5 Å². The van der Waals surface area contributed by atoms with E-state index in [9.17, 15) is 0 Å². The molecular formula is C42H36O6P2S2. The van der Waals surface area contributed by atoms with Gasteiger partial charge in [0.1, 0.15) is 34.5 Å². The molecule has 2 aliphatic rings. The summed E-state index contributed by atoms with van der Waals surface area (Å²) >= 11 is 3.23. The molecule has 0 bridgehead atoms. The van der Waals surface area contributed by atoms with Crippen LogP contribution < -0.4 is 27.1 Å². The van der Waals surface area contributed by atoms with Gasteiger partial charge >= 0.3 is 17.2 Å². The topological polar surface area (TPSA) is 55.4 Å². The Morgan fingerprint density at radius 3 is 1.00 bits per heavy atom. The third-order valence-electron chi connectivity index (χ3n) is 9.08. The van der Waals surface area contributed by atoms with Gasteiger partial charge in [-0.1, -0.05) is 84.2 Å². The molecule has 0 saturated heterocycles. The van der Waals surface area contributed by atoms with Gasteiger partial charge in [-0.3, -0.25) is 0 Å². The van der Waals surface area contributed by atoms with Crippen LogP contribution >= 0.6 is 40.7 Å². The highest BCUT2D eigenvalue weighted by Gasteiger charge is 2.33. The Hall–Kier alpha value is -4.32. The van der Waals surface area contributed by atoms with Gasteiger partial charge in [-0.15, -0.1) is 0 Å². The zero-order chi connectivity index (χ0) is 35.9. The van der Waals surface area contributed by atoms with Crippen molar-refractivity contribution in [2.24, 2.45) is 0 Å². The molecule has 0 amide bonds. The van der Waals surface area contributed by atoms with Crippen molar-refractivity contribution >= 4 is 40.7 Å². The number of aryl methyl sites for hydroxylation is 4. The smallest absolute Gasteiger partial charge is 0.408 e. The third-order valence-corrected chi connectivity index (χ3v) is 13.4. The Kier molecular flexibility index (Phi) is 9.76. The number of hydrogen-bond donors (Lipinski definition) is 0. The lowest BCUT2D eigenvalue weighted by atomic mass is 9.87. The molecule has 52 heavy (non-hydrogen) atoms. The van der Waals surface area contributed by atoms with E-state index in [2.05, 4.69) is 77.9 Å². The number of benzene rings is 6. The molecule has 6 nitrogen and oxygen atoms in total. The van der Waals surface area contributed by atoms with Gasteiger partial charge in [0.15, 0.2) is 0 Å². The van der Waals surface area contributed by atoms with Gasteiger partial charge in [-0.05, 0) is 123 Å². The van der Waals surface area contributed by atoms with Crippen LogP contribution in [0.1, 0.15) is 33.4 Å². The summed E-state index contributed by atoms with van der Waals surface area (Å²) in [5.74, 6) is 4.20. The molecule has 2 aliphatic heterocycles. The highest BCUT2D eigenvalue weighted by molar-refractivity contribution is 7.99. The molecule has 6 aromatic rings. The number of rotatable bonds is 5. The van der Waals surface area contributed by atoms with E-state index < -0.39 is 17.2 Å². The van der Waals surface area contributed by atoms with Crippen molar-refractivity contribution in [1.82, 2.24) is 0 Å². The molecule has 0 aliphatic carbocycles. The quantitative estimate of drug-likeness (QED) is 0.161. The molecule has 0 N–H and O–H groups in total. The summed E-state index contributed by atoms with van der Waals surface area (Å²) < 4.78 is 40.2.